The molecular formula is C14H21N2O4P. The predicted molar refractivity (Wildman–Crippen MR) is 82.6 cm³/mol. The summed E-state index contributed by atoms with van der Waals surface area (Å²) < 4.78 is 11.2. The van der Waals surface area contributed by atoms with Gasteiger partial charge in [0.1, 0.15) is 0 Å². The summed E-state index contributed by atoms with van der Waals surface area (Å²) in [6.45, 7) is 6.95. The van der Waals surface area contributed by atoms with Gasteiger partial charge < -0.3 is 9.47 Å². The number of nitrogens with one attached hydrogen (secondary N) is 1. The van der Waals surface area contributed by atoms with Crippen molar-refractivity contribution in [2.45, 2.75) is 39.9 Å². The third kappa shape index (κ3) is 6.95. The molecule has 1 rings (SSSR count). The number of hydrazine groups is 1. The number of carbonyl (C=O) groups is 2. The lowest BCUT2D eigenvalue weighted by atomic mass is 10.4. The van der Waals surface area contributed by atoms with E-state index in [2.05, 4.69) is 5.43 Å². The van der Waals surface area contributed by atoms with E-state index in [-0.39, 0.29) is 20.9 Å². The van der Waals surface area contributed by atoms with Crippen LogP contribution in [0.4, 0.5) is 9.59 Å². The quantitative estimate of drug-likeness (QED) is 0.686. The van der Waals surface area contributed by atoms with Crippen molar-refractivity contribution in [3.63, 3.8) is 0 Å². The molecule has 1 N–H and O–H groups in total. The Morgan fingerprint density at radius 2 is 1.62 bits per heavy atom. The van der Waals surface area contributed by atoms with Crippen molar-refractivity contribution < 1.29 is 19.1 Å². The van der Waals surface area contributed by atoms with Crippen LogP contribution in [0, 0.1) is 0 Å². The standard InChI is InChI=1S/C14H21N2O4P/c1-10(2)19-13(17)15-16(14(18)20-11(3)4)21-12-8-6-5-7-9-12/h5-11,21H,1-4H3,(H,15,17). The van der Waals surface area contributed by atoms with Crippen molar-refractivity contribution in [3.8, 4) is 0 Å². The Morgan fingerprint density at radius 3 is 2.14 bits per heavy atom. The predicted octanol–water partition coefficient (Wildman–Crippen LogP) is 2.80. The van der Waals surface area contributed by atoms with Crippen molar-refractivity contribution in [1.29, 1.82) is 0 Å². The zero-order valence-electron chi connectivity index (χ0n) is 12.6. The zero-order valence-corrected chi connectivity index (χ0v) is 13.6. The first-order valence-corrected chi connectivity index (χ1v) is 7.63. The summed E-state index contributed by atoms with van der Waals surface area (Å²) in [6, 6.07) is 9.33. The molecule has 0 heterocycles. The minimum absolute atomic E-state index is 0.0883. The minimum Gasteiger partial charge on any atom is -0.446 e. The Labute approximate surface area is 126 Å². The van der Waals surface area contributed by atoms with Gasteiger partial charge in [-0.05, 0) is 33.0 Å². The maximum atomic E-state index is 12.0. The Morgan fingerprint density at radius 1 is 1.05 bits per heavy atom. The van der Waals surface area contributed by atoms with Crippen molar-refractivity contribution >= 4 is 26.2 Å². The number of benzene rings is 1. The monoisotopic (exact) mass is 312 g/mol. The van der Waals surface area contributed by atoms with E-state index in [1.54, 1.807) is 27.7 Å². The van der Waals surface area contributed by atoms with Crippen LogP contribution in [0.2, 0.25) is 0 Å². The van der Waals surface area contributed by atoms with Gasteiger partial charge in [0.25, 0.3) is 0 Å². The zero-order chi connectivity index (χ0) is 15.8. The molecule has 0 fully saturated rings. The van der Waals surface area contributed by atoms with E-state index < -0.39 is 12.2 Å². The third-order valence-electron chi connectivity index (χ3n) is 2.08. The Hall–Kier alpha value is -1.81. The van der Waals surface area contributed by atoms with Crippen LogP contribution < -0.4 is 10.7 Å². The molecule has 0 aliphatic heterocycles. The Bertz CT molecular complexity index is 465. The normalized spacial score (nSPS) is 11.0. The van der Waals surface area contributed by atoms with Gasteiger partial charge in [0.05, 0.1) is 12.2 Å². The van der Waals surface area contributed by atoms with Crippen LogP contribution in [-0.2, 0) is 9.47 Å². The number of hydrogen-bond donors (Lipinski definition) is 1. The Balaban J connectivity index is 2.74. The van der Waals surface area contributed by atoms with Gasteiger partial charge in [-0.1, -0.05) is 30.3 Å². The summed E-state index contributed by atoms with van der Waals surface area (Å²) >= 11 is 0. The highest BCUT2D eigenvalue weighted by Crippen LogP contribution is 2.17. The lowest BCUT2D eigenvalue weighted by Gasteiger charge is -2.23. The second-order valence-corrected chi connectivity index (χ2v) is 6.06. The van der Waals surface area contributed by atoms with Gasteiger partial charge >= 0.3 is 12.2 Å². The number of hydrogen-bond acceptors (Lipinski definition) is 4. The van der Waals surface area contributed by atoms with E-state index in [0.29, 0.717) is 0 Å². The molecule has 2 amide bonds. The highest BCUT2D eigenvalue weighted by molar-refractivity contribution is 7.45. The molecule has 0 bridgehead atoms. The molecule has 21 heavy (non-hydrogen) atoms. The maximum Gasteiger partial charge on any atom is 0.432 e. The van der Waals surface area contributed by atoms with Crippen LogP contribution in [0.25, 0.3) is 0 Å². The molecule has 1 aromatic rings. The number of rotatable bonds is 4. The highest BCUT2D eigenvalue weighted by Gasteiger charge is 2.20. The molecular weight excluding hydrogens is 291 g/mol. The van der Waals surface area contributed by atoms with Crippen LogP contribution in [0.3, 0.4) is 0 Å². The van der Waals surface area contributed by atoms with Crippen LogP contribution in [0.15, 0.2) is 30.3 Å². The third-order valence-corrected chi connectivity index (χ3v) is 3.19. The van der Waals surface area contributed by atoms with Crippen LogP contribution >= 0.6 is 8.73 Å². The second kappa shape index (κ2) is 8.47. The minimum atomic E-state index is -0.686. The lowest BCUT2D eigenvalue weighted by molar-refractivity contribution is 0.0736. The average molecular weight is 312 g/mol. The molecule has 1 unspecified atom stereocenters. The molecule has 1 atom stereocenters. The molecule has 0 spiro atoms. The average Bonchev–Trinajstić information content (AvgIpc) is 2.37. The fourth-order valence-corrected chi connectivity index (χ4v) is 2.24. The van der Waals surface area contributed by atoms with Gasteiger partial charge in [0, 0.05) is 8.73 Å². The van der Waals surface area contributed by atoms with Crippen LogP contribution in [0.1, 0.15) is 27.7 Å². The molecule has 0 aliphatic rings. The SMILES string of the molecule is CC(C)OC(=O)NN(Pc1ccccc1)C(=O)OC(C)C. The second-order valence-electron chi connectivity index (χ2n) is 4.81. The summed E-state index contributed by atoms with van der Waals surface area (Å²) in [7, 11) is -0.0883. The first kappa shape index (κ1) is 17.2. The number of carbonyl (C=O) groups excluding carboxylic acids is 2. The van der Waals surface area contributed by atoms with Crippen molar-refractivity contribution in [3.05, 3.63) is 30.3 Å². The van der Waals surface area contributed by atoms with Crippen LogP contribution in [0.5, 0.6) is 0 Å². The smallest absolute Gasteiger partial charge is 0.432 e. The molecule has 0 aliphatic carbocycles. The van der Waals surface area contributed by atoms with Crippen molar-refractivity contribution in [2.75, 3.05) is 0 Å². The highest BCUT2D eigenvalue weighted by atomic mass is 31.1. The van der Waals surface area contributed by atoms with Gasteiger partial charge in [-0.2, -0.15) is 4.78 Å². The van der Waals surface area contributed by atoms with Crippen molar-refractivity contribution in [2.24, 2.45) is 0 Å². The molecule has 6 nitrogen and oxygen atoms in total. The first-order valence-electron chi connectivity index (χ1n) is 6.68. The van der Waals surface area contributed by atoms with Crippen molar-refractivity contribution in [1.82, 2.24) is 10.2 Å². The molecule has 0 saturated carbocycles. The van der Waals surface area contributed by atoms with Gasteiger partial charge in [-0.15, -0.1) is 0 Å². The number of amides is 2. The summed E-state index contributed by atoms with van der Waals surface area (Å²) in [6.07, 6.45) is -1.85. The summed E-state index contributed by atoms with van der Waals surface area (Å²) in [5.74, 6) is 0. The number of nitrogens with zero attached hydrogens (tertiary/aromatic N) is 1. The largest absolute Gasteiger partial charge is 0.446 e. The molecule has 0 radical (unpaired) electrons. The molecule has 1 aromatic carbocycles. The van der Waals surface area contributed by atoms with Gasteiger partial charge in [-0.3, -0.25) is 0 Å². The Kier molecular flexibility index (Phi) is 6.96. The molecule has 0 saturated heterocycles. The van der Waals surface area contributed by atoms with Gasteiger partial charge in [0.2, 0.25) is 0 Å². The topological polar surface area (TPSA) is 67.9 Å². The summed E-state index contributed by atoms with van der Waals surface area (Å²) in [5, 5.41) is 0.892. The fourth-order valence-electron chi connectivity index (χ4n) is 1.35. The van der Waals surface area contributed by atoms with E-state index in [9.17, 15) is 9.59 Å². The maximum absolute atomic E-state index is 12.0. The first-order chi connectivity index (χ1) is 9.88. The van der Waals surface area contributed by atoms with Gasteiger partial charge in [0.15, 0.2) is 0 Å². The van der Waals surface area contributed by atoms with E-state index in [1.165, 1.54) is 0 Å². The summed E-state index contributed by atoms with van der Waals surface area (Å²) in [4.78, 5) is 23.7. The van der Waals surface area contributed by atoms with E-state index in [0.717, 1.165) is 10.1 Å². The molecule has 0 aromatic heterocycles. The van der Waals surface area contributed by atoms with Gasteiger partial charge in [-0.25, -0.2) is 15.0 Å². The summed E-state index contributed by atoms with van der Waals surface area (Å²) in [5.41, 5.74) is 2.41. The molecule has 7 heteroatoms. The lowest BCUT2D eigenvalue weighted by Crippen LogP contribution is -2.43. The number of ether oxygens (including phenoxy) is 2. The fraction of sp³-hybridized carbons (Fsp3) is 0.429. The molecule has 116 valence electrons. The van der Waals surface area contributed by atoms with E-state index in [4.69, 9.17) is 9.47 Å². The van der Waals surface area contributed by atoms with Crippen LogP contribution in [-0.4, -0.2) is 29.2 Å². The van der Waals surface area contributed by atoms with E-state index >= 15 is 0 Å². The van der Waals surface area contributed by atoms with E-state index in [1.807, 2.05) is 30.3 Å².